The molecule has 1 N–H and O–H groups in total. The number of carbonyl (C=O) groups is 1. The maximum Gasteiger partial charge on any atom is 0.323 e. The van der Waals surface area contributed by atoms with Crippen molar-refractivity contribution < 1.29 is 4.79 Å². The molecule has 6 nitrogen and oxygen atoms in total. The molecule has 2 rings (SSSR count). The molecule has 2 amide bonds. The summed E-state index contributed by atoms with van der Waals surface area (Å²) in [5, 5.41) is 10.4. The highest BCUT2D eigenvalue weighted by Crippen LogP contribution is 2.16. The summed E-state index contributed by atoms with van der Waals surface area (Å²) in [7, 11) is 0. The van der Waals surface area contributed by atoms with Gasteiger partial charge in [0.15, 0.2) is 5.82 Å². The Morgan fingerprint density at radius 2 is 2.32 bits per heavy atom. The average molecular weight is 263 g/mol. The number of hydrogen-bond donors (Lipinski definition) is 1. The molecule has 1 fully saturated rings. The highest BCUT2D eigenvalue weighted by Gasteiger charge is 2.29. The van der Waals surface area contributed by atoms with Gasteiger partial charge in [0.25, 0.3) is 0 Å². The summed E-state index contributed by atoms with van der Waals surface area (Å²) < 4.78 is 0. The lowest BCUT2D eigenvalue weighted by atomic mass is 10.2. The molecule has 1 saturated heterocycles. The van der Waals surface area contributed by atoms with Crippen molar-refractivity contribution in [3.05, 3.63) is 18.3 Å². The Balaban J connectivity index is 1.88. The van der Waals surface area contributed by atoms with Gasteiger partial charge in [-0.15, -0.1) is 5.10 Å². The summed E-state index contributed by atoms with van der Waals surface area (Å²) in [5.41, 5.74) is 0. The van der Waals surface area contributed by atoms with Crippen LogP contribution in [0.2, 0.25) is 0 Å². The van der Waals surface area contributed by atoms with E-state index in [1.54, 1.807) is 18.3 Å². The molecule has 0 aliphatic carbocycles. The first kappa shape index (κ1) is 13.7. The molecule has 1 aliphatic heterocycles. The minimum Gasteiger partial charge on any atom is -0.323 e. The highest BCUT2D eigenvalue weighted by molar-refractivity contribution is 5.88. The van der Waals surface area contributed by atoms with E-state index in [9.17, 15) is 4.79 Å². The van der Waals surface area contributed by atoms with Gasteiger partial charge in [-0.25, -0.2) is 4.79 Å². The largest absolute Gasteiger partial charge is 0.323 e. The summed E-state index contributed by atoms with van der Waals surface area (Å²) in [4.78, 5) is 16.3. The molecular weight excluding hydrogens is 242 g/mol. The lowest BCUT2D eigenvalue weighted by molar-refractivity contribution is 0.202. The Hall–Kier alpha value is -1.69. The van der Waals surface area contributed by atoms with Crippen molar-refractivity contribution in [3.8, 4) is 0 Å². The van der Waals surface area contributed by atoms with E-state index >= 15 is 0 Å². The number of rotatable bonds is 4. The topological polar surface area (TPSA) is 61.4 Å². The van der Waals surface area contributed by atoms with E-state index in [1.807, 2.05) is 4.90 Å². The fraction of sp³-hybridized carbons (Fsp3) is 0.615. The number of nitrogens with one attached hydrogen (secondary N) is 1. The van der Waals surface area contributed by atoms with Gasteiger partial charge in [-0.2, -0.15) is 5.10 Å². The summed E-state index contributed by atoms with van der Waals surface area (Å²) in [6.45, 7) is 7.96. The Bertz CT molecular complexity index is 407. The molecule has 0 spiro atoms. The van der Waals surface area contributed by atoms with Crippen LogP contribution in [0.4, 0.5) is 10.6 Å². The third-order valence-electron chi connectivity index (χ3n) is 3.59. The van der Waals surface area contributed by atoms with E-state index < -0.39 is 0 Å². The highest BCUT2D eigenvalue weighted by atomic mass is 16.2. The van der Waals surface area contributed by atoms with Gasteiger partial charge >= 0.3 is 6.03 Å². The molecule has 1 aliphatic rings. The molecule has 1 aromatic heterocycles. The number of hydrogen-bond acceptors (Lipinski definition) is 4. The summed E-state index contributed by atoms with van der Waals surface area (Å²) in [6, 6.07) is 3.88. The fourth-order valence-corrected chi connectivity index (χ4v) is 2.52. The number of nitrogens with zero attached hydrogens (tertiary/aromatic N) is 4. The summed E-state index contributed by atoms with van der Waals surface area (Å²) in [6.07, 6.45) is 2.62. The standard InChI is InChI=1S/C13H21N5O/c1-3-17(4-2)11-7-9-18(10-11)13(19)15-12-6-5-8-14-16-12/h5-6,8,11H,3-4,7,9-10H2,1-2H3,(H,15,16,19)/t11-/m1/s1. The van der Waals surface area contributed by atoms with Gasteiger partial charge in [0.2, 0.25) is 0 Å². The predicted octanol–water partition coefficient (Wildman–Crippen LogP) is 1.42. The molecule has 0 aromatic carbocycles. The Kier molecular flexibility index (Phi) is 4.68. The number of likely N-dealkylation sites (tertiary alicyclic amines) is 1. The molecule has 0 bridgehead atoms. The van der Waals surface area contributed by atoms with Crippen LogP contribution >= 0.6 is 0 Å². The molecule has 104 valence electrons. The fourth-order valence-electron chi connectivity index (χ4n) is 2.52. The average Bonchev–Trinajstić information content (AvgIpc) is 2.91. The molecule has 1 atom stereocenters. The first-order chi connectivity index (χ1) is 9.24. The molecule has 0 saturated carbocycles. The lowest BCUT2D eigenvalue weighted by Crippen LogP contribution is -2.39. The number of anilines is 1. The Labute approximate surface area is 113 Å². The summed E-state index contributed by atoms with van der Waals surface area (Å²) in [5.74, 6) is 0.499. The van der Waals surface area contributed by atoms with Gasteiger partial charge in [-0.3, -0.25) is 10.2 Å². The second-order valence-electron chi connectivity index (χ2n) is 4.65. The zero-order valence-corrected chi connectivity index (χ0v) is 11.5. The quantitative estimate of drug-likeness (QED) is 0.892. The van der Waals surface area contributed by atoms with Gasteiger partial charge in [0.05, 0.1) is 0 Å². The van der Waals surface area contributed by atoms with Crippen LogP contribution in [0, 0.1) is 0 Å². The van der Waals surface area contributed by atoms with E-state index in [2.05, 4.69) is 34.3 Å². The van der Waals surface area contributed by atoms with Crippen LogP contribution < -0.4 is 5.32 Å². The van der Waals surface area contributed by atoms with Gasteiger partial charge in [-0.1, -0.05) is 13.8 Å². The van der Waals surface area contributed by atoms with Crippen LogP contribution in [-0.4, -0.2) is 58.2 Å². The van der Waals surface area contributed by atoms with Crippen LogP contribution in [-0.2, 0) is 0 Å². The SMILES string of the molecule is CCN(CC)[C@@H]1CCN(C(=O)Nc2cccnn2)C1. The van der Waals surface area contributed by atoms with E-state index in [-0.39, 0.29) is 6.03 Å². The Morgan fingerprint density at radius 3 is 2.95 bits per heavy atom. The second kappa shape index (κ2) is 6.47. The molecular formula is C13H21N5O. The maximum absolute atomic E-state index is 12.1. The summed E-state index contributed by atoms with van der Waals surface area (Å²) >= 11 is 0. The molecule has 0 radical (unpaired) electrons. The van der Waals surface area contributed by atoms with Crippen LogP contribution in [0.5, 0.6) is 0 Å². The number of likely N-dealkylation sites (N-methyl/N-ethyl adjacent to an activating group) is 1. The third-order valence-corrected chi connectivity index (χ3v) is 3.59. The van der Waals surface area contributed by atoms with Crippen molar-refractivity contribution in [2.24, 2.45) is 0 Å². The van der Waals surface area contributed by atoms with E-state index in [1.165, 1.54) is 0 Å². The van der Waals surface area contributed by atoms with E-state index in [4.69, 9.17) is 0 Å². The van der Waals surface area contributed by atoms with Gasteiger partial charge in [0.1, 0.15) is 0 Å². The van der Waals surface area contributed by atoms with Crippen molar-refractivity contribution in [1.82, 2.24) is 20.0 Å². The van der Waals surface area contributed by atoms with Crippen molar-refractivity contribution >= 4 is 11.8 Å². The molecule has 2 heterocycles. The number of urea groups is 1. The van der Waals surface area contributed by atoms with Gasteiger partial charge in [-0.05, 0) is 31.6 Å². The number of amides is 2. The monoisotopic (exact) mass is 263 g/mol. The van der Waals surface area contributed by atoms with Gasteiger partial charge < -0.3 is 4.90 Å². The van der Waals surface area contributed by atoms with Crippen molar-refractivity contribution in [2.45, 2.75) is 26.3 Å². The first-order valence-corrected chi connectivity index (χ1v) is 6.82. The normalized spacial score (nSPS) is 18.9. The lowest BCUT2D eigenvalue weighted by Gasteiger charge is -2.26. The molecule has 6 heteroatoms. The zero-order valence-electron chi connectivity index (χ0n) is 11.5. The minimum atomic E-state index is -0.0878. The van der Waals surface area contributed by atoms with E-state index in [0.717, 1.165) is 32.6 Å². The molecule has 1 aromatic rings. The zero-order chi connectivity index (χ0) is 13.7. The molecule has 0 unspecified atom stereocenters. The van der Waals surface area contributed by atoms with Crippen molar-refractivity contribution in [3.63, 3.8) is 0 Å². The van der Waals surface area contributed by atoms with Crippen LogP contribution in [0.1, 0.15) is 20.3 Å². The van der Waals surface area contributed by atoms with Crippen LogP contribution in [0.3, 0.4) is 0 Å². The van der Waals surface area contributed by atoms with Crippen molar-refractivity contribution in [2.75, 3.05) is 31.5 Å². The van der Waals surface area contributed by atoms with E-state index in [0.29, 0.717) is 11.9 Å². The van der Waals surface area contributed by atoms with Crippen LogP contribution in [0.25, 0.3) is 0 Å². The minimum absolute atomic E-state index is 0.0878. The smallest absolute Gasteiger partial charge is 0.323 e. The Morgan fingerprint density at radius 1 is 1.53 bits per heavy atom. The number of carbonyl (C=O) groups excluding carboxylic acids is 1. The van der Waals surface area contributed by atoms with Crippen LogP contribution in [0.15, 0.2) is 18.3 Å². The second-order valence-corrected chi connectivity index (χ2v) is 4.65. The maximum atomic E-state index is 12.1. The molecule has 19 heavy (non-hydrogen) atoms. The number of aromatic nitrogens is 2. The van der Waals surface area contributed by atoms with Gasteiger partial charge in [0, 0.05) is 25.3 Å². The van der Waals surface area contributed by atoms with Crippen molar-refractivity contribution in [1.29, 1.82) is 0 Å². The predicted molar refractivity (Wildman–Crippen MR) is 73.9 cm³/mol. The third kappa shape index (κ3) is 3.41. The first-order valence-electron chi connectivity index (χ1n) is 6.82.